The molecule has 0 amide bonds. The Balaban J connectivity index is 1.90. The van der Waals surface area contributed by atoms with Crippen LogP contribution in [0, 0.1) is 5.82 Å². The minimum absolute atomic E-state index is 0.270. The summed E-state index contributed by atoms with van der Waals surface area (Å²) in [7, 11) is 0. The highest BCUT2D eigenvalue weighted by molar-refractivity contribution is 5.95. The van der Waals surface area contributed by atoms with E-state index in [9.17, 15) is 4.39 Å². The van der Waals surface area contributed by atoms with Gasteiger partial charge in [-0.2, -0.15) is 0 Å². The van der Waals surface area contributed by atoms with Crippen molar-refractivity contribution in [2.24, 2.45) is 0 Å². The minimum Gasteiger partial charge on any atom is -0.340 e. The summed E-state index contributed by atoms with van der Waals surface area (Å²) >= 11 is 0. The normalized spacial score (nSPS) is 10.7. The first-order chi connectivity index (χ1) is 11.8. The van der Waals surface area contributed by atoms with Gasteiger partial charge in [-0.25, -0.2) is 9.37 Å². The van der Waals surface area contributed by atoms with E-state index in [1.807, 2.05) is 66.7 Å². The van der Waals surface area contributed by atoms with Crippen LogP contribution in [0.5, 0.6) is 0 Å². The average molecular weight is 314 g/mol. The predicted octanol–water partition coefficient (Wildman–Crippen LogP) is 5.78. The molecule has 1 N–H and O–H groups in total. The first-order valence-electron chi connectivity index (χ1n) is 7.77. The van der Waals surface area contributed by atoms with E-state index in [0.29, 0.717) is 5.82 Å². The number of fused-ring (bicyclic) bond motifs is 1. The molecule has 4 aromatic rings. The molecule has 0 atom stereocenters. The smallest absolute Gasteiger partial charge is 0.139 e. The maximum absolute atomic E-state index is 13.7. The Labute approximate surface area is 139 Å². The monoisotopic (exact) mass is 314 g/mol. The third kappa shape index (κ3) is 2.84. The summed E-state index contributed by atoms with van der Waals surface area (Å²) in [6.07, 6.45) is 0. The molecule has 3 aromatic carbocycles. The van der Waals surface area contributed by atoms with Crippen LogP contribution in [0.2, 0.25) is 0 Å². The van der Waals surface area contributed by atoms with Crippen LogP contribution in [-0.4, -0.2) is 4.98 Å². The highest BCUT2D eigenvalue weighted by Gasteiger charge is 2.09. The second-order valence-electron chi connectivity index (χ2n) is 5.58. The van der Waals surface area contributed by atoms with Crippen molar-refractivity contribution in [1.82, 2.24) is 4.98 Å². The van der Waals surface area contributed by atoms with Crippen LogP contribution in [0.3, 0.4) is 0 Å². The van der Waals surface area contributed by atoms with E-state index < -0.39 is 0 Å². The second-order valence-corrected chi connectivity index (χ2v) is 5.58. The van der Waals surface area contributed by atoms with Gasteiger partial charge in [0.1, 0.15) is 11.6 Å². The molecule has 0 unspecified atom stereocenters. The van der Waals surface area contributed by atoms with E-state index in [-0.39, 0.29) is 5.82 Å². The first-order valence-corrected chi connectivity index (χ1v) is 7.77. The fraction of sp³-hybridized carbons (Fsp3) is 0. The molecule has 0 radical (unpaired) electrons. The quantitative estimate of drug-likeness (QED) is 0.518. The Morgan fingerprint density at radius 2 is 1.46 bits per heavy atom. The lowest BCUT2D eigenvalue weighted by molar-refractivity contribution is 0.629. The molecular weight excluding hydrogens is 299 g/mol. The zero-order valence-corrected chi connectivity index (χ0v) is 12.9. The van der Waals surface area contributed by atoms with Crippen LogP contribution in [0.25, 0.3) is 22.0 Å². The molecule has 0 aliphatic carbocycles. The number of hydrogen-bond donors (Lipinski definition) is 1. The van der Waals surface area contributed by atoms with Crippen LogP contribution in [0.1, 0.15) is 0 Å². The Bertz CT molecular complexity index is 983. The SMILES string of the molecule is Fc1ccc2cc(-c3ccccc3)nc(Nc3ccccc3)c2c1. The number of anilines is 2. The van der Waals surface area contributed by atoms with Gasteiger partial charge in [0.05, 0.1) is 5.69 Å². The van der Waals surface area contributed by atoms with Gasteiger partial charge in [0.15, 0.2) is 0 Å². The lowest BCUT2D eigenvalue weighted by atomic mass is 10.1. The molecular formula is C21H15FN2. The van der Waals surface area contributed by atoms with Crippen molar-refractivity contribution in [2.75, 3.05) is 5.32 Å². The van der Waals surface area contributed by atoms with Crippen LogP contribution >= 0.6 is 0 Å². The number of para-hydroxylation sites is 1. The highest BCUT2D eigenvalue weighted by atomic mass is 19.1. The number of rotatable bonds is 3. The zero-order valence-electron chi connectivity index (χ0n) is 12.9. The number of nitrogens with one attached hydrogen (secondary N) is 1. The van der Waals surface area contributed by atoms with E-state index in [1.54, 1.807) is 6.07 Å². The first kappa shape index (κ1) is 14.4. The van der Waals surface area contributed by atoms with Crippen molar-refractivity contribution in [3.05, 3.63) is 90.7 Å². The summed E-state index contributed by atoms with van der Waals surface area (Å²) in [4.78, 5) is 4.73. The number of benzene rings is 3. The standard InChI is InChI=1S/C21H15FN2/c22-17-12-11-16-13-20(15-7-3-1-4-8-15)24-21(19(16)14-17)23-18-9-5-2-6-10-18/h1-14H,(H,23,24). The van der Waals surface area contributed by atoms with Gasteiger partial charge in [-0.05, 0) is 35.7 Å². The largest absolute Gasteiger partial charge is 0.340 e. The molecule has 24 heavy (non-hydrogen) atoms. The molecule has 2 nitrogen and oxygen atoms in total. The molecule has 4 rings (SSSR count). The number of hydrogen-bond acceptors (Lipinski definition) is 2. The molecule has 0 saturated carbocycles. The van der Waals surface area contributed by atoms with Gasteiger partial charge >= 0.3 is 0 Å². The number of nitrogens with zero attached hydrogens (tertiary/aromatic N) is 1. The summed E-state index contributed by atoms with van der Waals surface area (Å²) in [5.74, 6) is 0.380. The van der Waals surface area contributed by atoms with Crippen molar-refractivity contribution < 1.29 is 4.39 Å². The third-order valence-corrected chi connectivity index (χ3v) is 3.90. The van der Waals surface area contributed by atoms with Gasteiger partial charge in [-0.15, -0.1) is 0 Å². The number of aromatic nitrogens is 1. The van der Waals surface area contributed by atoms with Crippen molar-refractivity contribution >= 4 is 22.3 Å². The Hall–Kier alpha value is -3.20. The summed E-state index contributed by atoms with van der Waals surface area (Å²) < 4.78 is 13.7. The summed E-state index contributed by atoms with van der Waals surface area (Å²) in [5, 5.41) is 5.02. The Morgan fingerprint density at radius 1 is 0.750 bits per heavy atom. The van der Waals surface area contributed by atoms with Crippen molar-refractivity contribution in [3.63, 3.8) is 0 Å². The topological polar surface area (TPSA) is 24.9 Å². The third-order valence-electron chi connectivity index (χ3n) is 3.90. The molecule has 1 heterocycles. The van der Waals surface area contributed by atoms with Gasteiger partial charge in [0.25, 0.3) is 0 Å². The van der Waals surface area contributed by atoms with E-state index in [2.05, 4.69) is 5.32 Å². The minimum atomic E-state index is -0.270. The highest BCUT2D eigenvalue weighted by Crippen LogP contribution is 2.30. The number of halogens is 1. The number of pyridine rings is 1. The molecule has 0 saturated heterocycles. The van der Waals surface area contributed by atoms with Crippen molar-refractivity contribution in [2.45, 2.75) is 0 Å². The van der Waals surface area contributed by atoms with Crippen LogP contribution < -0.4 is 5.32 Å². The fourth-order valence-electron chi connectivity index (χ4n) is 2.73. The van der Waals surface area contributed by atoms with Gasteiger partial charge in [-0.1, -0.05) is 54.6 Å². The molecule has 0 bridgehead atoms. The van der Waals surface area contributed by atoms with Crippen LogP contribution in [-0.2, 0) is 0 Å². The van der Waals surface area contributed by atoms with Crippen LogP contribution in [0.15, 0.2) is 84.9 Å². The van der Waals surface area contributed by atoms with Crippen molar-refractivity contribution in [3.8, 4) is 11.3 Å². The summed E-state index contributed by atoms with van der Waals surface area (Å²) in [6, 6.07) is 26.5. The van der Waals surface area contributed by atoms with Gasteiger partial charge in [-0.3, -0.25) is 0 Å². The zero-order chi connectivity index (χ0) is 16.4. The maximum atomic E-state index is 13.7. The average Bonchev–Trinajstić information content (AvgIpc) is 2.63. The van der Waals surface area contributed by atoms with E-state index in [4.69, 9.17) is 4.98 Å². The van der Waals surface area contributed by atoms with E-state index in [1.165, 1.54) is 12.1 Å². The van der Waals surface area contributed by atoms with Gasteiger partial charge < -0.3 is 5.32 Å². The Kier molecular flexibility index (Phi) is 3.67. The lowest BCUT2D eigenvalue weighted by Crippen LogP contribution is -1.97. The maximum Gasteiger partial charge on any atom is 0.139 e. The molecule has 1 aromatic heterocycles. The molecule has 3 heteroatoms. The predicted molar refractivity (Wildman–Crippen MR) is 96.9 cm³/mol. The molecule has 0 fully saturated rings. The lowest BCUT2D eigenvalue weighted by Gasteiger charge is -2.12. The molecule has 116 valence electrons. The second kappa shape index (κ2) is 6.13. The van der Waals surface area contributed by atoms with E-state index in [0.717, 1.165) is 27.7 Å². The fourth-order valence-corrected chi connectivity index (χ4v) is 2.73. The molecule has 0 spiro atoms. The van der Waals surface area contributed by atoms with Crippen molar-refractivity contribution in [1.29, 1.82) is 0 Å². The van der Waals surface area contributed by atoms with Crippen LogP contribution in [0.4, 0.5) is 15.9 Å². The van der Waals surface area contributed by atoms with E-state index >= 15 is 0 Å². The van der Waals surface area contributed by atoms with Gasteiger partial charge in [0.2, 0.25) is 0 Å². The molecule has 0 aliphatic rings. The summed E-state index contributed by atoms with van der Waals surface area (Å²) in [5.41, 5.74) is 2.80. The summed E-state index contributed by atoms with van der Waals surface area (Å²) in [6.45, 7) is 0. The Morgan fingerprint density at radius 3 is 2.21 bits per heavy atom. The molecule has 0 aliphatic heterocycles. The van der Waals surface area contributed by atoms with Gasteiger partial charge in [0, 0.05) is 16.6 Å².